The highest BCUT2D eigenvalue weighted by Crippen LogP contribution is 2.34. The molecular formula is C36H39N3O7. The number of nitro groups is 1. The summed E-state index contributed by atoms with van der Waals surface area (Å²) in [4.78, 5) is 40.0. The maximum Gasteiger partial charge on any atom is 0.345 e. The Kier molecular flexibility index (Phi) is 10.5. The van der Waals surface area contributed by atoms with Gasteiger partial charge in [0.05, 0.1) is 12.0 Å². The van der Waals surface area contributed by atoms with Crippen LogP contribution < -0.4 is 4.73 Å². The number of pyridine rings is 1. The number of hydrogen-bond acceptors (Lipinski definition) is 8. The second kappa shape index (κ2) is 14.3. The fourth-order valence-corrected chi connectivity index (χ4v) is 5.92. The molecule has 0 saturated heterocycles. The molecule has 0 fully saturated rings. The number of esters is 2. The molecule has 3 aromatic carbocycles. The predicted octanol–water partition coefficient (Wildman–Crippen LogP) is 6.39. The van der Waals surface area contributed by atoms with Crippen molar-refractivity contribution in [3.63, 3.8) is 0 Å². The minimum absolute atomic E-state index is 0.00521. The predicted molar refractivity (Wildman–Crippen MR) is 175 cm³/mol. The number of nitro benzene ring substituents is 1. The number of nitrogens with zero attached hydrogens (tertiary/aromatic N) is 3. The molecule has 0 atom stereocenters. The molecule has 46 heavy (non-hydrogen) atoms. The summed E-state index contributed by atoms with van der Waals surface area (Å²) in [6.07, 6.45) is 0.821. The molecule has 1 aromatic heterocycles. The van der Waals surface area contributed by atoms with E-state index >= 15 is 0 Å². The number of carbonyl (C=O) groups is 2. The zero-order valence-electron chi connectivity index (χ0n) is 27.0. The lowest BCUT2D eigenvalue weighted by molar-refractivity contribution is -0.619. The van der Waals surface area contributed by atoms with Gasteiger partial charge in [0.15, 0.2) is 0 Å². The van der Waals surface area contributed by atoms with Crippen molar-refractivity contribution in [2.75, 3.05) is 27.2 Å². The van der Waals surface area contributed by atoms with Gasteiger partial charge in [-0.2, -0.15) is 4.73 Å². The van der Waals surface area contributed by atoms with Crippen molar-refractivity contribution in [3.05, 3.63) is 134 Å². The average molecular weight is 626 g/mol. The van der Waals surface area contributed by atoms with Crippen LogP contribution in [-0.4, -0.2) is 54.6 Å². The van der Waals surface area contributed by atoms with Crippen LogP contribution in [-0.2, 0) is 9.47 Å². The summed E-state index contributed by atoms with van der Waals surface area (Å²) in [7, 11) is 3.11. The quantitative estimate of drug-likeness (QED) is 0.0583. The number of carbonyl (C=O) groups excluding carboxylic acids is 2. The van der Waals surface area contributed by atoms with E-state index in [4.69, 9.17) is 9.47 Å². The Labute approximate surface area is 268 Å². The molecule has 240 valence electrons. The van der Waals surface area contributed by atoms with Gasteiger partial charge in [0.25, 0.3) is 5.69 Å². The van der Waals surface area contributed by atoms with Gasteiger partial charge in [-0.05, 0) is 50.6 Å². The van der Waals surface area contributed by atoms with Crippen molar-refractivity contribution < 1.29 is 28.7 Å². The van der Waals surface area contributed by atoms with E-state index in [0.717, 1.165) is 13.5 Å². The lowest BCUT2D eigenvalue weighted by Crippen LogP contribution is -2.43. The van der Waals surface area contributed by atoms with E-state index in [1.54, 1.807) is 13.8 Å². The van der Waals surface area contributed by atoms with E-state index in [9.17, 15) is 24.9 Å². The van der Waals surface area contributed by atoms with Crippen molar-refractivity contribution in [2.45, 2.75) is 45.6 Å². The molecule has 0 spiro atoms. The van der Waals surface area contributed by atoms with E-state index in [1.807, 2.05) is 43.4 Å². The third-order valence-electron chi connectivity index (χ3n) is 8.00. The second-order valence-corrected chi connectivity index (χ2v) is 11.9. The molecule has 0 amide bonds. The van der Waals surface area contributed by atoms with Crippen LogP contribution >= 0.6 is 0 Å². The first-order valence-electron chi connectivity index (χ1n) is 15.0. The van der Waals surface area contributed by atoms with E-state index in [2.05, 4.69) is 29.2 Å². The highest BCUT2D eigenvalue weighted by Gasteiger charge is 2.36. The van der Waals surface area contributed by atoms with Gasteiger partial charge in [0, 0.05) is 44.0 Å². The summed E-state index contributed by atoms with van der Waals surface area (Å²) in [5, 5.41) is 24.8. The fourth-order valence-electron chi connectivity index (χ4n) is 5.92. The third-order valence-corrected chi connectivity index (χ3v) is 8.00. The molecule has 1 heterocycles. The van der Waals surface area contributed by atoms with Crippen LogP contribution in [0.5, 0.6) is 0 Å². The highest BCUT2D eigenvalue weighted by molar-refractivity contribution is 6.07. The molecule has 4 rings (SSSR count). The SMILES string of the molecule is COC(=O)c1c(-c2cccc([N+](=O)[O-])c2)c(C(=O)OC(C)(C)CN(C)CCC(c2ccccc2)c2ccccc2)c(C)[n+]([O-])c1C. The minimum atomic E-state index is -1.02. The van der Waals surface area contributed by atoms with E-state index in [-0.39, 0.29) is 45.2 Å². The zero-order valence-corrected chi connectivity index (χ0v) is 27.0. The first-order valence-corrected chi connectivity index (χ1v) is 15.0. The van der Waals surface area contributed by atoms with Crippen molar-refractivity contribution >= 4 is 17.6 Å². The van der Waals surface area contributed by atoms with E-state index in [1.165, 1.54) is 49.2 Å². The molecule has 4 aromatic rings. The van der Waals surface area contributed by atoms with Gasteiger partial charge in [-0.25, -0.2) is 9.59 Å². The van der Waals surface area contributed by atoms with Crippen LogP contribution in [0.1, 0.15) is 69.4 Å². The molecule has 0 radical (unpaired) electrons. The summed E-state index contributed by atoms with van der Waals surface area (Å²) in [5.74, 6) is -1.52. The second-order valence-electron chi connectivity index (χ2n) is 11.9. The Bertz CT molecular complexity index is 1680. The maximum absolute atomic E-state index is 14.0. The Morgan fingerprint density at radius 1 is 0.891 bits per heavy atom. The largest absolute Gasteiger partial charge is 0.618 e. The summed E-state index contributed by atoms with van der Waals surface area (Å²) in [6, 6.07) is 26.1. The minimum Gasteiger partial charge on any atom is -0.618 e. The lowest BCUT2D eigenvalue weighted by atomic mass is 9.88. The van der Waals surface area contributed by atoms with Crippen molar-refractivity contribution in [1.82, 2.24) is 4.90 Å². The van der Waals surface area contributed by atoms with E-state index in [0.29, 0.717) is 17.8 Å². The number of rotatable bonds is 12. The molecule has 10 nitrogen and oxygen atoms in total. The summed E-state index contributed by atoms with van der Waals surface area (Å²) in [5.41, 5.74) is 1.07. The molecule has 10 heteroatoms. The van der Waals surface area contributed by atoms with Gasteiger partial charge in [0.1, 0.15) is 16.7 Å². The molecule has 0 N–H and O–H groups in total. The standard InChI is InChI=1S/C36H39N3O7/c1-24-31(34(40)45-6)33(28-18-13-19-29(22-28)39(43)44)32(25(2)38(24)42)35(41)46-36(3,4)23-37(5)21-20-30(26-14-9-7-10-15-26)27-16-11-8-12-17-27/h7-19,22,30H,20-21,23H2,1-6H3. The monoisotopic (exact) mass is 625 g/mol. The van der Waals surface area contributed by atoms with Gasteiger partial charge in [-0.1, -0.05) is 72.8 Å². The van der Waals surface area contributed by atoms with Gasteiger partial charge in [0.2, 0.25) is 11.4 Å². The van der Waals surface area contributed by atoms with Crippen LogP contribution in [0.2, 0.25) is 0 Å². The van der Waals surface area contributed by atoms with Crippen molar-refractivity contribution in [1.29, 1.82) is 0 Å². The van der Waals surface area contributed by atoms with Gasteiger partial charge < -0.3 is 19.6 Å². The van der Waals surface area contributed by atoms with Crippen LogP contribution in [0.15, 0.2) is 84.9 Å². The Balaban J connectivity index is 1.63. The van der Waals surface area contributed by atoms with Crippen LogP contribution in [0.4, 0.5) is 5.69 Å². The Morgan fingerprint density at radius 3 is 1.96 bits per heavy atom. The van der Waals surface area contributed by atoms with Crippen molar-refractivity contribution in [2.24, 2.45) is 0 Å². The summed E-state index contributed by atoms with van der Waals surface area (Å²) >= 11 is 0. The molecule has 0 unspecified atom stereocenters. The van der Waals surface area contributed by atoms with Gasteiger partial charge >= 0.3 is 11.9 Å². The van der Waals surface area contributed by atoms with E-state index < -0.39 is 22.5 Å². The molecule has 0 aliphatic rings. The lowest BCUT2D eigenvalue weighted by Gasteiger charge is -2.31. The maximum atomic E-state index is 14.0. The number of methoxy groups -OCH3 is 1. The smallest absolute Gasteiger partial charge is 0.345 e. The number of benzene rings is 3. The number of hydrogen-bond donors (Lipinski definition) is 0. The molecule has 0 aliphatic heterocycles. The normalized spacial score (nSPS) is 11.5. The topological polar surface area (TPSA) is 126 Å². The van der Waals surface area contributed by atoms with Crippen LogP contribution in [0.3, 0.4) is 0 Å². The Hall–Kier alpha value is -5.09. The number of aromatic nitrogens is 1. The van der Waals surface area contributed by atoms with Gasteiger partial charge in [-0.3, -0.25) is 10.1 Å². The van der Waals surface area contributed by atoms with Crippen LogP contribution in [0, 0.1) is 29.2 Å². The first-order chi connectivity index (χ1) is 21.8. The van der Waals surface area contributed by atoms with Crippen molar-refractivity contribution in [3.8, 4) is 11.1 Å². The first kappa shape index (κ1) is 33.8. The number of non-ortho nitro benzene ring substituents is 1. The summed E-state index contributed by atoms with van der Waals surface area (Å²) < 4.78 is 11.5. The average Bonchev–Trinajstić information content (AvgIpc) is 3.03. The zero-order chi connectivity index (χ0) is 33.6. The molecule has 0 bridgehead atoms. The number of likely N-dealkylation sites (N-methyl/N-ethyl adjacent to an activating group) is 1. The summed E-state index contributed by atoms with van der Waals surface area (Å²) in [6.45, 7) is 7.50. The molecular weight excluding hydrogens is 586 g/mol. The molecule has 0 saturated carbocycles. The highest BCUT2D eigenvalue weighted by atomic mass is 16.6. The van der Waals surface area contributed by atoms with Crippen LogP contribution in [0.25, 0.3) is 11.1 Å². The molecule has 0 aliphatic carbocycles. The Morgan fingerprint density at radius 2 is 1.43 bits per heavy atom. The third kappa shape index (κ3) is 7.58. The fraction of sp³-hybridized carbons (Fsp3) is 0.306. The number of ether oxygens (including phenoxy) is 2. The van der Waals surface area contributed by atoms with Gasteiger partial charge in [-0.15, -0.1) is 0 Å².